The van der Waals surface area contributed by atoms with Crippen LogP contribution in [0.15, 0.2) is 54.6 Å². The molecule has 0 saturated carbocycles. The molecule has 0 atom stereocenters. The number of halogens is 5. The summed E-state index contributed by atoms with van der Waals surface area (Å²) in [5.41, 5.74) is 0.998. The van der Waals surface area contributed by atoms with Gasteiger partial charge >= 0.3 is 5.20 Å². The molecule has 0 N–H and O–H groups in total. The van der Waals surface area contributed by atoms with Gasteiger partial charge in [-0.15, -0.1) is 0 Å². The minimum atomic E-state index is -3.22. The number of ether oxygens (including phenoxy) is 2. The van der Waals surface area contributed by atoms with Crippen LogP contribution in [0.5, 0.6) is 17.2 Å². The molecule has 5 nitrogen and oxygen atoms in total. The van der Waals surface area contributed by atoms with Crippen LogP contribution in [0.1, 0.15) is 11.4 Å². The summed E-state index contributed by atoms with van der Waals surface area (Å²) in [7, 11) is 1.62. The van der Waals surface area contributed by atoms with E-state index in [-0.39, 0.29) is 16.1 Å². The first-order valence-electron chi connectivity index (χ1n) is 7.92. The monoisotopic (exact) mass is 512 g/mol. The van der Waals surface area contributed by atoms with Crippen molar-refractivity contribution < 1.29 is 14.0 Å². The van der Waals surface area contributed by atoms with E-state index >= 15 is 0 Å². The third-order valence-electron chi connectivity index (χ3n) is 3.29. The maximum absolute atomic E-state index is 9.51. The van der Waals surface area contributed by atoms with Crippen molar-refractivity contribution in [2.24, 2.45) is 0 Å². The van der Waals surface area contributed by atoms with E-state index in [2.05, 4.69) is 43.7 Å². The second-order valence-corrected chi connectivity index (χ2v) is 12.7. The van der Waals surface area contributed by atoms with Crippen LogP contribution in [0.2, 0.25) is 10.3 Å². The van der Waals surface area contributed by atoms with E-state index in [9.17, 15) is 4.57 Å². The molecule has 1 heterocycles. The highest BCUT2D eigenvalue weighted by molar-refractivity contribution is 8.24. The van der Waals surface area contributed by atoms with Gasteiger partial charge in [-0.25, -0.2) is 9.97 Å². The number of rotatable bonds is 5. The topological polar surface area (TPSA) is 61.3 Å². The van der Waals surface area contributed by atoms with Crippen molar-refractivity contribution in [1.29, 1.82) is 0 Å². The van der Waals surface area contributed by atoms with Crippen LogP contribution in [-0.4, -0.2) is 17.1 Å². The van der Waals surface area contributed by atoms with Crippen molar-refractivity contribution in [3.05, 3.63) is 76.3 Å². The Morgan fingerprint density at radius 1 is 0.897 bits per heavy atom. The van der Waals surface area contributed by atoms with Gasteiger partial charge in [0.15, 0.2) is 10.3 Å². The van der Waals surface area contributed by atoms with Crippen molar-refractivity contribution in [3.63, 3.8) is 0 Å². The Kier molecular flexibility index (Phi) is 9.35. The van der Waals surface area contributed by atoms with Gasteiger partial charge in [-0.2, -0.15) is 0 Å². The lowest BCUT2D eigenvalue weighted by Crippen LogP contribution is -2.00. The maximum Gasteiger partial charge on any atom is 0.339 e. The summed E-state index contributed by atoms with van der Waals surface area (Å²) < 4.78 is 20.4. The van der Waals surface area contributed by atoms with Gasteiger partial charge in [-0.05, 0) is 63.6 Å². The van der Waals surface area contributed by atoms with E-state index in [1.54, 1.807) is 19.2 Å². The molecular weight excluding hydrogens is 500 g/mol. The predicted octanol–water partition coefficient (Wildman–Crippen LogP) is 7.99. The fraction of sp³-hybridized carbons (Fsp3) is 0.111. The van der Waals surface area contributed by atoms with Gasteiger partial charge in [-0.1, -0.05) is 53.5 Å². The minimum absolute atomic E-state index is 0.178. The first kappa shape index (κ1) is 24.1. The Morgan fingerprint density at radius 2 is 1.45 bits per heavy atom. The maximum atomic E-state index is 9.51. The molecule has 0 spiro atoms. The number of methoxy groups -OCH3 is 1. The molecule has 0 aliphatic carbocycles. The Labute approximate surface area is 192 Å². The van der Waals surface area contributed by atoms with Crippen LogP contribution < -0.4 is 9.47 Å². The zero-order valence-electron chi connectivity index (χ0n) is 14.9. The highest BCUT2D eigenvalue weighted by Crippen LogP contribution is 2.61. The Morgan fingerprint density at radius 3 is 2.00 bits per heavy atom. The largest absolute Gasteiger partial charge is 0.497 e. The number of hydrogen-bond acceptors (Lipinski definition) is 5. The lowest BCUT2D eigenvalue weighted by Gasteiger charge is -2.10. The average Bonchev–Trinajstić information content (AvgIpc) is 2.64. The van der Waals surface area contributed by atoms with Crippen LogP contribution in [0, 0.1) is 0 Å². The molecule has 0 aliphatic heterocycles. The number of benzene rings is 2. The molecule has 0 fully saturated rings. The van der Waals surface area contributed by atoms with Gasteiger partial charge in [0.1, 0.15) is 17.3 Å². The first-order valence-corrected chi connectivity index (χ1v) is 13.1. The van der Waals surface area contributed by atoms with Crippen LogP contribution >= 0.6 is 62.1 Å². The molecule has 1 aromatic heterocycles. The SMILES string of the molecule is COc1cccc(Cc2nc(Cl)c(Oc3ccccc3)c(Cl)n2)c1.O=P(Cl)(Cl)Cl. The normalized spacial score (nSPS) is 10.7. The minimum Gasteiger partial charge on any atom is -0.497 e. The van der Waals surface area contributed by atoms with Crippen molar-refractivity contribution in [2.45, 2.75) is 6.42 Å². The van der Waals surface area contributed by atoms with E-state index in [1.165, 1.54) is 0 Å². The number of hydrogen-bond donors (Lipinski definition) is 0. The van der Waals surface area contributed by atoms with Crippen LogP contribution in [0.25, 0.3) is 0 Å². The highest BCUT2D eigenvalue weighted by Gasteiger charge is 2.14. The van der Waals surface area contributed by atoms with Crippen molar-refractivity contribution in [2.75, 3.05) is 7.11 Å². The molecule has 0 bridgehead atoms. The van der Waals surface area contributed by atoms with Gasteiger partial charge in [-0.3, -0.25) is 4.57 Å². The molecular formula is C18H14Cl5N2O3P. The lowest BCUT2D eigenvalue weighted by atomic mass is 10.1. The number of aromatic nitrogens is 2. The number of nitrogens with zero attached hydrogens (tertiary/aromatic N) is 2. The third-order valence-corrected chi connectivity index (χ3v) is 3.80. The molecule has 0 unspecified atom stereocenters. The fourth-order valence-corrected chi connectivity index (χ4v) is 2.67. The summed E-state index contributed by atoms with van der Waals surface area (Å²) in [6.07, 6.45) is 0.488. The summed E-state index contributed by atoms with van der Waals surface area (Å²) in [6, 6.07) is 16.9. The van der Waals surface area contributed by atoms with E-state index < -0.39 is 5.20 Å². The molecule has 3 aromatic rings. The summed E-state index contributed by atoms with van der Waals surface area (Å²) in [4.78, 5) is 8.57. The zero-order chi connectivity index (χ0) is 21.4. The van der Waals surface area contributed by atoms with Crippen LogP contribution in [-0.2, 0) is 11.0 Å². The Balaban J connectivity index is 0.000000537. The third kappa shape index (κ3) is 9.00. The summed E-state index contributed by atoms with van der Waals surface area (Å²) in [5.74, 6) is 2.15. The summed E-state index contributed by atoms with van der Waals surface area (Å²) in [5, 5.41) is -2.87. The van der Waals surface area contributed by atoms with Gasteiger partial charge < -0.3 is 9.47 Å². The molecule has 3 rings (SSSR count). The van der Waals surface area contributed by atoms with Crippen molar-refractivity contribution >= 4 is 62.1 Å². The van der Waals surface area contributed by atoms with E-state index in [0.717, 1.165) is 11.3 Å². The molecule has 0 radical (unpaired) electrons. The highest BCUT2D eigenvalue weighted by atomic mass is 36.0. The summed E-state index contributed by atoms with van der Waals surface area (Å²) in [6.45, 7) is 0. The van der Waals surface area contributed by atoms with E-state index in [1.807, 2.05) is 42.5 Å². The molecule has 154 valence electrons. The molecule has 0 saturated heterocycles. The standard InChI is InChI=1S/C18H14Cl2N2O2.Cl3OP/c1-23-14-9-5-6-12(10-14)11-15-21-17(19)16(18(20)22-15)24-13-7-3-2-4-8-13;1-5(2,3)4/h2-10H,11H2,1H3;. The smallest absolute Gasteiger partial charge is 0.339 e. The van der Waals surface area contributed by atoms with Gasteiger partial charge in [0.05, 0.1) is 7.11 Å². The second-order valence-electron chi connectivity index (χ2n) is 5.39. The van der Waals surface area contributed by atoms with Gasteiger partial charge in [0, 0.05) is 6.42 Å². The predicted molar refractivity (Wildman–Crippen MR) is 120 cm³/mol. The average molecular weight is 515 g/mol. The Hall–Kier alpha value is -1.20. The van der Waals surface area contributed by atoms with E-state index in [4.69, 9.17) is 32.7 Å². The van der Waals surface area contributed by atoms with Crippen LogP contribution in [0.3, 0.4) is 0 Å². The van der Waals surface area contributed by atoms with Gasteiger partial charge in [0.25, 0.3) is 0 Å². The Bertz CT molecular complexity index is 971. The lowest BCUT2D eigenvalue weighted by molar-refractivity contribution is 0.414. The first-order chi connectivity index (χ1) is 13.7. The van der Waals surface area contributed by atoms with Gasteiger partial charge in [0.2, 0.25) is 5.75 Å². The van der Waals surface area contributed by atoms with Crippen LogP contribution in [0.4, 0.5) is 0 Å². The van der Waals surface area contributed by atoms with Crippen molar-refractivity contribution in [3.8, 4) is 17.2 Å². The molecule has 2 aromatic carbocycles. The zero-order valence-corrected chi connectivity index (χ0v) is 19.5. The molecule has 0 aliphatic rings. The second kappa shape index (κ2) is 11.3. The molecule has 0 amide bonds. The van der Waals surface area contributed by atoms with E-state index in [0.29, 0.717) is 18.0 Å². The number of para-hydroxylation sites is 1. The quantitative estimate of drug-likeness (QED) is 0.255. The molecule has 29 heavy (non-hydrogen) atoms. The van der Waals surface area contributed by atoms with Crippen molar-refractivity contribution in [1.82, 2.24) is 9.97 Å². The fourth-order valence-electron chi connectivity index (χ4n) is 2.17. The summed E-state index contributed by atoms with van der Waals surface area (Å²) >= 11 is 26.3. The molecule has 11 heteroatoms.